The second kappa shape index (κ2) is 14.2. The van der Waals surface area contributed by atoms with Gasteiger partial charge in [0.1, 0.15) is 13.2 Å². The van der Waals surface area contributed by atoms with Crippen molar-refractivity contribution in [3.8, 4) is 23.0 Å². The van der Waals surface area contributed by atoms with Crippen LogP contribution in [-0.4, -0.2) is 20.0 Å². The molecule has 0 spiro atoms. The Morgan fingerprint density at radius 1 is 0.643 bits per heavy atom. The molecule has 0 bridgehead atoms. The molecule has 0 amide bonds. The van der Waals surface area contributed by atoms with Crippen molar-refractivity contribution in [3.05, 3.63) is 125 Å². The van der Waals surface area contributed by atoms with E-state index in [1.807, 2.05) is 97.1 Å². The summed E-state index contributed by atoms with van der Waals surface area (Å²) in [7, 11) is 3.26. The van der Waals surface area contributed by atoms with Gasteiger partial charge >= 0.3 is 0 Å². The maximum Gasteiger partial charge on any atom is 0.185 e. The molecule has 1 saturated carbocycles. The minimum Gasteiger partial charge on any atom is -0.493 e. The first-order valence-electron chi connectivity index (χ1n) is 13.5. The van der Waals surface area contributed by atoms with Crippen LogP contribution in [0.25, 0.3) is 12.2 Å². The van der Waals surface area contributed by atoms with Gasteiger partial charge < -0.3 is 18.9 Å². The highest BCUT2D eigenvalue weighted by molar-refractivity contribution is 14.1. The highest BCUT2D eigenvalue weighted by atomic mass is 127. The van der Waals surface area contributed by atoms with Gasteiger partial charge in [-0.05, 0) is 117 Å². The third-order valence-electron chi connectivity index (χ3n) is 6.88. The molecule has 1 aliphatic rings. The number of halogens is 2. The van der Waals surface area contributed by atoms with Crippen LogP contribution >= 0.6 is 45.2 Å². The van der Waals surface area contributed by atoms with Crippen LogP contribution in [0.5, 0.6) is 23.0 Å². The number of ketones is 1. The summed E-state index contributed by atoms with van der Waals surface area (Å²) in [5.41, 5.74) is 5.54. The van der Waals surface area contributed by atoms with Gasteiger partial charge in [0.25, 0.3) is 0 Å². The summed E-state index contributed by atoms with van der Waals surface area (Å²) in [6, 6.07) is 27.9. The number of hydrogen-bond donors (Lipinski definition) is 0. The first kappa shape index (κ1) is 30.2. The summed E-state index contributed by atoms with van der Waals surface area (Å²) in [5, 5.41) is 0. The molecule has 1 aliphatic carbocycles. The molecule has 0 radical (unpaired) electrons. The number of methoxy groups -OCH3 is 2. The van der Waals surface area contributed by atoms with Crippen LogP contribution in [0.2, 0.25) is 0 Å². The second-order valence-electron chi connectivity index (χ2n) is 9.79. The molecule has 4 aromatic rings. The Labute approximate surface area is 273 Å². The normalized spacial score (nSPS) is 14.8. The summed E-state index contributed by atoms with van der Waals surface area (Å²) in [6.45, 7) is 0.897. The first-order valence-corrected chi connectivity index (χ1v) is 15.6. The summed E-state index contributed by atoms with van der Waals surface area (Å²) < 4.78 is 25.4. The van der Waals surface area contributed by atoms with Gasteiger partial charge in [0.15, 0.2) is 28.8 Å². The number of allylic oxidation sites excluding steroid dienone is 2. The average molecular weight is 784 g/mol. The van der Waals surface area contributed by atoms with E-state index in [2.05, 4.69) is 45.2 Å². The number of ether oxygens (including phenoxy) is 4. The Balaban J connectivity index is 1.32. The third kappa shape index (κ3) is 7.36. The fraction of sp³-hybridized carbons (Fsp3) is 0.171. The Bertz CT molecular complexity index is 1510. The van der Waals surface area contributed by atoms with E-state index in [-0.39, 0.29) is 5.78 Å². The van der Waals surface area contributed by atoms with E-state index in [9.17, 15) is 4.79 Å². The van der Waals surface area contributed by atoms with Crippen LogP contribution in [0.15, 0.2) is 96.1 Å². The van der Waals surface area contributed by atoms with Gasteiger partial charge in [-0.1, -0.05) is 60.7 Å². The molecule has 0 saturated heterocycles. The van der Waals surface area contributed by atoms with Gasteiger partial charge in [-0.25, -0.2) is 0 Å². The lowest BCUT2D eigenvalue weighted by atomic mass is 10.1. The van der Waals surface area contributed by atoms with Gasteiger partial charge in [-0.3, -0.25) is 4.79 Å². The van der Waals surface area contributed by atoms with Crippen molar-refractivity contribution in [1.29, 1.82) is 0 Å². The lowest BCUT2D eigenvalue weighted by Gasteiger charge is -2.14. The van der Waals surface area contributed by atoms with E-state index in [4.69, 9.17) is 18.9 Å². The van der Waals surface area contributed by atoms with Gasteiger partial charge in [-0.15, -0.1) is 0 Å². The molecule has 42 heavy (non-hydrogen) atoms. The van der Waals surface area contributed by atoms with Crippen molar-refractivity contribution in [1.82, 2.24) is 0 Å². The molecule has 5 nitrogen and oxygen atoms in total. The van der Waals surface area contributed by atoms with Gasteiger partial charge in [0, 0.05) is 11.1 Å². The summed E-state index contributed by atoms with van der Waals surface area (Å²) in [6.07, 6.45) is 5.28. The first-order chi connectivity index (χ1) is 20.4. The molecule has 5 rings (SSSR count). The Kier molecular flexibility index (Phi) is 10.2. The quantitative estimate of drug-likeness (QED) is 0.119. The van der Waals surface area contributed by atoms with Crippen molar-refractivity contribution >= 4 is 63.1 Å². The highest BCUT2D eigenvalue weighted by Crippen LogP contribution is 2.38. The minimum atomic E-state index is 0.0618. The molecular weight excluding hydrogens is 754 g/mol. The second-order valence-corrected chi connectivity index (χ2v) is 12.1. The van der Waals surface area contributed by atoms with Crippen LogP contribution in [-0.2, 0) is 18.0 Å². The smallest absolute Gasteiger partial charge is 0.185 e. The summed E-state index contributed by atoms with van der Waals surface area (Å²) in [4.78, 5) is 13.4. The van der Waals surface area contributed by atoms with E-state index in [0.29, 0.717) is 49.1 Å². The molecule has 0 atom stereocenters. The summed E-state index contributed by atoms with van der Waals surface area (Å²) >= 11 is 4.51. The lowest BCUT2D eigenvalue weighted by molar-refractivity contribution is -0.111. The van der Waals surface area contributed by atoms with Crippen LogP contribution < -0.4 is 18.9 Å². The van der Waals surface area contributed by atoms with Gasteiger partial charge in [0.05, 0.1) is 21.4 Å². The molecule has 0 unspecified atom stereocenters. The fourth-order valence-corrected chi connectivity index (χ4v) is 6.33. The predicted octanol–water partition coefficient (Wildman–Crippen LogP) is 8.90. The third-order valence-corrected chi connectivity index (χ3v) is 8.49. The van der Waals surface area contributed by atoms with E-state index in [0.717, 1.165) is 40.5 Å². The van der Waals surface area contributed by atoms with E-state index >= 15 is 0 Å². The number of hydrogen-bond acceptors (Lipinski definition) is 5. The molecule has 0 aromatic heterocycles. The van der Waals surface area contributed by atoms with Crippen LogP contribution in [0.3, 0.4) is 0 Å². The SMILES string of the molecule is COc1cc(/C=C2\CC/C(=C\c3cc(I)c(OCc4ccccc4)c(OC)c3)C2=O)cc(I)c1OCc1ccccc1. The van der Waals surface area contributed by atoms with E-state index < -0.39 is 0 Å². The summed E-state index contributed by atoms with van der Waals surface area (Å²) in [5.74, 6) is 2.74. The number of Topliss-reactive ketones (excluding diaryl/α,β-unsaturated/α-hetero) is 1. The van der Waals surface area contributed by atoms with Gasteiger partial charge in [0.2, 0.25) is 0 Å². The van der Waals surface area contributed by atoms with Crippen molar-refractivity contribution in [2.24, 2.45) is 0 Å². The van der Waals surface area contributed by atoms with Crippen LogP contribution in [0, 0.1) is 7.14 Å². The molecule has 1 fully saturated rings. The van der Waals surface area contributed by atoms with Crippen LogP contribution in [0.4, 0.5) is 0 Å². The minimum absolute atomic E-state index is 0.0618. The number of benzene rings is 4. The molecule has 0 N–H and O–H groups in total. The molecule has 0 heterocycles. The number of carbonyl (C=O) groups is 1. The molecular formula is C35H30I2O5. The molecule has 7 heteroatoms. The van der Waals surface area contributed by atoms with Crippen molar-refractivity contribution in [3.63, 3.8) is 0 Å². The predicted molar refractivity (Wildman–Crippen MR) is 183 cm³/mol. The Hall–Kier alpha value is -3.31. The van der Waals surface area contributed by atoms with Crippen LogP contribution in [0.1, 0.15) is 35.1 Å². The van der Waals surface area contributed by atoms with Crippen molar-refractivity contribution < 1.29 is 23.7 Å². The maximum absolute atomic E-state index is 13.4. The molecule has 4 aromatic carbocycles. The topological polar surface area (TPSA) is 54.0 Å². The van der Waals surface area contributed by atoms with E-state index in [1.165, 1.54) is 0 Å². The van der Waals surface area contributed by atoms with Crippen molar-refractivity contribution in [2.45, 2.75) is 26.1 Å². The van der Waals surface area contributed by atoms with E-state index in [1.54, 1.807) is 14.2 Å². The zero-order valence-corrected chi connectivity index (χ0v) is 27.7. The fourth-order valence-electron chi connectivity index (χ4n) is 4.77. The monoisotopic (exact) mass is 784 g/mol. The lowest BCUT2D eigenvalue weighted by Crippen LogP contribution is -2.01. The zero-order chi connectivity index (χ0) is 29.5. The van der Waals surface area contributed by atoms with Crippen molar-refractivity contribution in [2.75, 3.05) is 14.2 Å². The Morgan fingerprint density at radius 3 is 1.43 bits per heavy atom. The Morgan fingerprint density at radius 2 is 1.05 bits per heavy atom. The largest absolute Gasteiger partial charge is 0.493 e. The average Bonchev–Trinajstić information content (AvgIpc) is 3.34. The number of carbonyl (C=O) groups excluding carboxylic acids is 1. The standard InChI is InChI=1S/C35H30I2O5/c1-39-31-19-25(17-29(36)34(31)41-21-23-9-5-3-6-10-23)15-27-13-14-28(33(27)38)16-26-18-30(37)35(32(20-26)40-2)42-22-24-11-7-4-8-12-24/h3-12,15-20H,13-14,21-22H2,1-2H3/b27-15+,28-16+. The molecule has 214 valence electrons. The maximum atomic E-state index is 13.4. The molecule has 0 aliphatic heterocycles. The van der Waals surface area contributed by atoms with Gasteiger partial charge in [-0.2, -0.15) is 0 Å². The number of rotatable bonds is 10. The zero-order valence-electron chi connectivity index (χ0n) is 23.4. The highest BCUT2D eigenvalue weighted by Gasteiger charge is 2.24.